The van der Waals surface area contributed by atoms with Gasteiger partial charge in [0.2, 0.25) is 5.91 Å². The summed E-state index contributed by atoms with van der Waals surface area (Å²) >= 11 is 0. The van der Waals surface area contributed by atoms with Gasteiger partial charge in [0.15, 0.2) is 0 Å². The summed E-state index contributed by atoms with van der Waals surface area (Å²) in [4.78, 5) is 14.6. The molecular formula is C17H25NO2. The maximum Gasteiger partial charge on any atom is 0.227 e. The third-order valence-electron chi connectivity index (χ3n) is 4.01. The van der Waals surface area contributed by atoms with Gasteiger partial charge in [0.25, 0.3) is 0 Å². The number of carbonyl (C=O) groups excluding carboxylic acids is 1. The fourth-order valence-corrected chi connectivity index (χ4v) is 3.02. The number of hydrogen-bond acceptors (Lipinski definition) is 2. The van der Waals surface area contributed by atoms with Crippen molar-refractivity contribution in [2.45, 2.75) is 57.6 Å². The van der Waals surface area contributed by atoms with Crippen LogP contribution in [0.5, 0.6) is 0 Å². The van der Waals surface area contributed by atoms with Gasteiger partial charge in [0, 0.05) is 12.6 Å². The van der Waals surface area contributed by atoms with Crippen LogP contribution in [0.1, 0.15) is 44.6 Å². The number of aliphatic hydroxyl groups excluding tert-OH is 1. The summed E-state index contributed by atoms with van der Waals surface area (Å²) in [6.45, 7) is 2.65. The van der Waals surface area contributed by atoms with Gasteiger partial charge in [-0.05, 0) is 31.7 Å². The maximum atomic E-state index is 12.6. The van der Waals surface area contributed by atoms with Crippen LogP contribution in [-0.2, 0) is 11.2 Å². The normalized spacial score (nSPS) is 21.3. The van der Waals surface area contributed by atoms with E-state index in [0.717, 1.165) is 31.4 Å². The molecule has 0 aliphatic carbocycles. The van der Waals surface area contributed by atoms with Crippen molar-refractivity contribution in [1.29, 1.82) is 0 Å². The average molecular weight is 275 g/mol. The van der Waals surface area contributed by atoms with Gasteiger partial charge in [-0.15, -0.1) is 0 Å². The van der Waals surface area contributed by atoms with Crippen molar-refractivity contribution in [3.8, 4) is 0 Å². The first kappa shape index (κ1) is 15.0. The van der Waals surface area contributed by atoms with Gasteiger partial charge in [-0.3, -0.25) is 4.79 Å². The summed E-state index contributed by atoms with van der Waals surface area (Å²) in [6.07, 6.45) is 5.27. The summed E-state index contributed by atoms with van der Waals surface area (Å²) in [5.41, 5.74) is 1.07. The lowest BCUT2D eigenvalue weighted by atomic mass is 10.0. The molecule has 1 heterocycles. The summed E-state index contributed by atoms with van der Waals surface area (Å²) in [5.74, 6) is 0.198. The second-order valence-corrected chi connectivity index (χ2v) is 5.84. The predicted molar refractivity (Wildman–Crippen MR) is 80.4 cm³/mol. The van der Waals surface area contributed by atoms with Gasteiger partial charge < -0.3 is 10.0 Å². The van der Waals surface area contributed by atoms with Crippen LogP contribution in [-0.4, -0.2) is 34.6 Å². The Morgan fingerprint density at radius 2 is 2.05 bits per heavy atom. The van der Waals surface area contributed by atoms with Crippen molar-refractivity contribution in [3.63, 3.8) is 0 Å². The monoisotopic (exact) mass is 275 g/mol. The van der Waals surface area contributed by atoms with E-state index in [1.807, 2.05) is 42.2 Å². The van der Waals surface area contributed by atoms with Crippen LogP contribution in [0.2, 0.25) is 0 Å². The van der Waals surface area contributed by atoms with E-state index in [0.29, 0.717) is 12.8 Å². The van der Waals surface area contributed by atoms with E-state index in [1.165, 1.54) is 6.42 Å². The molecule has 3 nitrogen and oxygen atoms in total. The van der Waals surface area contributed by atoms with Gasteiger partial charge in [-0.1, -0.05) is 43.2 Å². The zero-order valence-corrected chi connectivity index (χ0v) is 12.3. The number of benzene rings is 1. The van der Waals surface area contributed by atoms with Crippen LogP contribution in [0.4, 0.5) is 0 Å². The van der Waals surface area contributed by atoms with Crippen LogP contribution in [0.15, 0.2) is 30.3 Å². The minimum absolute atomic E-state index is 0.198. The Labute approximate surface area is 121 Å². The largest absolute Gasteiger partial charge is 0.393 e. The van der Waals surface area contributed by atoms with E-state index >= 15 is 0 Å². The first-order chi connectivity index (χ1) is 9.66. The number of rotatable bonds is 4. The van der Waals surface area contributed by atoms with Gasteiger partial charge in [-0.2, -0.15) is 0 Å². The lowest BCUT2D eigenvalue weighted by Crippen LogP contribution is -2.42. The van der Waals surface area contributed by atoms with Crippen molar-refractivity contribution in [3.05, 3.63) is 35.9 Å². The molecule has 1 aromatic carbocycles. The lowest BCUT2D eigenvalue weighted by molar-refractivity contribution is -0.133. The highest BCUT2D eigenvalue weighted by atomic mass is 16.3. The Bertz CT molecular complexity index is 416. The highest BCUT2D eigenvalue weighted by Gasteiger charge is 2.26. The summed E-state index contributed by atoms with van der Waals surface area (Å²) in [6, 6.07) is 10.1. The Hall–Kier alpha value is -1.35. The molecule has 2 rings (SSSR count). The molecule has 0 aromatic heterocycles. The highest BCUT2D eigenvalue weighted by molar-refractivity contribution is 5.79. The molecule has 1 saturated heterocycles. The van der Waals surface area contributed by atoms with Gasteiger partial charge in [0.05, 0.1) is 12.5 Å². The first-order valence-corrected chi connectivity index (χ1v) is 7.68. The SMILES string of the molecule is CC(O)CC1CCCCCN1C(=O)Cc1ccccc1. The van der Waals surface area contributed by atoms with Crippen molar-refractivity contribution >= 4 is 5.91 Å². The number of amides is 1. The second-order valence-electron chi connectivity index (χ2n) is 5.84. The van der Waals surface area contributed by atoms with E-state index < -0.39 is 0 Å². The first-order valence-electron chi connectivity index (χ1n) is 7.68. The zero-order chi connectivity index (χ0) is 14.4. The average Bonchev–Trinajstić information content (AvgIpc) is 2.64. The van der Waals surface area contributed by atoms with E-state index in [9.17, 15) is 9.90 Å². The minimum Gasteiger partial charge on any atom is -0.393 e. The molecule has 3 heteroatoms. The molecule has 1 aromatic rings. The number of nitrogens with zero attached hydrogens (tertiary/aromatic N) is 1. The number of hydrogen-bond donors (Lipinski definition) is 1. The molecule has 1 N–H and O–H groups in total. The third kappa shape index (κ3) is 4.34. The molecule has 2 atom stereocenters. The topological polar surface area (TPSA) is 40.5 Å². The highest BCUT2D eigenvalue weighted by Crippen LogP contribution is 2.21. The number of aliphatic hydroxyl groups is 1. The molecule has 0 bridgehead atoms. The smallest absolute Gasteiger partial charge is 0.227 e. The molecule has 0 saturated carbocycles. The second kappa shape index (κ2) is 7.44. The van der Waals surface area contributed by atoms with Gasteiger partial charge >= 0.3 is 0 Å². The maximum absolute atomic E-state index is 12.6. The van der Waals surface area contributed by atoms with E-state index in [4.69, 9.17) is 0 Å². The van der Waals surface area contributed by atoms with Crippen LogP contribution in [0.25, 0.3) is 0 Å². The van der Waals surface area contributed by atoms with Crippen LogP contribution in [0, 0.1) is 0 Å². The predicted octanol–water partition coefficient (Wildman–Crippen LogP) is 2.77. The van der Waals surface area contributed by atoms with E-state index in [1.54, 1.807) is 0 Å². The Morgan fingerprint density at radius 1 is 1.30 bits per heavy atom. The molecule has 1 aliphatic heterocycles. The fourth-order valence-electron chi connectivity index (χ4n) is 3.02. The standard InChI is InChI=1S/C17H25NO2/c1-14(19)12-16-10-6-3-7-11-18(16)17(20)13-15-8-4-2-5-9-15/h2,4-5,8-9,14,16,19H,3,6-7,10-13H2,1H3. The van der Waals surface area contributed by atoms with E-state index in [2.05, 4.69) is 0 Å². The van der Waals surface area contributed by atoms with Crippen molar-refractivity contribution in [2.75, 3.05) is 6.54 Å². The van der Waals surface area contributed by atoms with Crippen molar-refractivity contribution in [2.24, 2.45) is 0 Å². The zero-order valence-electron chi connectivity index (χ0n) is 12.3. The molecule has 0 spiro atoms. The molecule has 1 fully saturated rings. The molecule has 20 heavy (non-hydrogen) atoms. The molecule has 1 aliphatic rings. The lowest BCUT2D eigenvalue weighted by Gasteiger charge is -2.31. The minimum atomic E-state index is -0.342. The molecule has 0 radical (unpaired) electrons. The van der Waals surface area contributed by atoms with Crippen molar-refractivity contribution in [1.82, 2.24) is 4.90 Å². The molecule has 110 valence electrons. The Morgan fingerprint density at radius 3 is 2.75 bits per heavy atom. The fraction of sp³-hybridized carbons (Fsp3) is 0.588. The van der Waals surface area contributed by atoms with Crippen LogP contribution < -0.4 is 0 Å². The molecule has 2 unspecified atom stereocenters. The summed E-state index contributed by atoms with van der Waals surface area (Å²) in [7, 11) is 0. The number of likely N-dealkylation sites (tertiary alicyclic amines) is 1. The molecular weight excluding hydrogens is 250 g/mol. The van der Waals surface area contributed by atoms with Crippen molar-refractivity contribution < 1.29 is 9.90 Å². The molecule has 1 amide bonds. The Balaban J connectivity index is 2.03. The van der Waals surface area contributed by atoms with Crippen LogP contribution in [0.3, 0.4) is 0 Å². The van der Waals surface area contributed by atoms with Crippen LogP contribution >= 0.6 is 0 Å². The summed E-state index contributed by atoms with van der Waals surface area (Å²) < 4.78 is 0. The number of carbonyl (C=O) groups is 1. The summed E-state index contributed by atoms with van der Waals surface area (Å²) in [5, 5.41) is 9.65. The van der Waals surface area contributed by atoms with Gasteiger partial charge in [-0.25, -0.2) is 0 Å². The van der Waals surface area contributed by atoms with Gasteiger partial charge in [0.1, 0.15) is 0 Å². The third-order valence-corrected chi connectivity index (χ3v) is 4.01. The van der Waals surface area contributed by atoms with E-state index in [-0.39, 0.29) is 18.1 Å². The Kier molecular flexibility index (Phi) is 5.60. The quantitative estimate of drug-likeness (QED) is 0.918.